The molecule has 1 aromatic heterocycles. The second-order valence-corrected chi connectivity index (χ2v) is 7.79. The highest BCUT2D eigenvalue weighted by atomic mass is 35.5. The third-order valence-electron chi connectivity index (χ3n) is 6.38. The smallest absolute Gasteiger partial charge is 0.227 e. The lowest BCUT2D eigenvalue weighted by Crippen LogP contribution is -2.53. The minimum atomic E-state index is 0. The van der Waals surface area contributed by atoms with Crippen LogP contribution in [-0.2, 0) is 11.3 Å². The first kappa shape index (κ1) is 21.5. The molecule has 0 aromatic carbocycles. The second-order valence-electron chi connectivity index (χ2n) is 7.79. The Morgan fingerprint density at radius 3 is 2.35 bits per heavy atom. The maximum atomic E-state index is 12.9. The Bertz CT molecular complexity index is 609. The lowest BCUT2D eigenvalue weighted by Gasteiger charge is -2.38. The molecular weight excluding hydrogens is 375 g/mol. The van der Waals surface area contributed by atoms with Gasteiger partial charge in [-0.3, -0.25) is 9.69 Å². The van der Waals surface area contributed by atoms with Gasteiger partial charge in [0.2, 0.25) is 11.8 Å². The molecule has 2 heterocycles. The van der Waals surface area contributed by atoms with Gasteiger partial charge in [0, 0.05) is 32.2 Å². The summed E-state index contributed by atoms with van der Waals surface area (Å²) in [6.45, 7) is 7.98. The molecule has 26 heavy (non-hydrogen) atoms. The van der Waals surface area contributed by atoms with Crippen molar-refractivity contribution in [1.82, 2.24) is 14.8 Å². The zero-order valence-electron chi connectivity index (χ0n) is 15.5. The molecule has 0 spiro atoms. The Balaban J connectivity index is 0.00000121. The number of hydrogen-bond acceptors (Lipinski definition) is 5. The van der Waals surface area contributed by atoms with Crippen molar-refractivity contribution in [2.24, 2.45) is 23.5 Å². The van der Waals surface area contributed by atoms with Crippen molar-refractivity contribution in [2.45, 2.75) is 45.7 Å². The average molecular weight is 405 g/mol. The summed E-state index contributed by atoms with van der Waals surface area (Å²) in [6, 6.07) is 0.0903. The van der Waals surface area contributed by atoms with Crippen LogP contribution in [0.2, 0.25) is 0 Å². The van der Waals surface area contributed by atoms with Crippen LogP contribution in [0.5, 0.6) is 0 Å². The summed E-state index contributed by atoms with van der Waals surface area (Å²) >= 11 is 0. The molecule has 2 bridgehead atoms. The Morgan fingerprint density at radius 1 is 1.15 bits per heavy atom. The monoisotopic (exact) mass is 404 g/mol. The van der Waals surface area contributed by atoms with Crippen molar-refractivity contribution in [3.8, 4) is 0 Å². The zero-order valence-corrected chi connectivity index (χ0v) is 17.2. The number of piperazine rings is 1. The van der Waals surface area contributed by atoms with E-state index in [1.54, 1.807) is 0 Å². The Hall–Kier alpha value is -0.820. The molecule has 1 amide bonds. The van der Waals surface area contributed by atoms with Gasteiger partial charge in [0.25, 0.3) is 0 Å². The third kappa shape index (κ3) is 3.88. The normalized spacial score (nSPS) is 30.8. The molecule has 148 valence electrons. The standard InChI is InChI=1S/C18H28N4O2.2ClH/c1-11-12(2)24-15(20-11)10-21-5-7-22(8-6-21)18(23)16-13-3-4-14(9-13)17(16)19;;/h13-14,16-17H,3-10,19H2,1-2H3;2*1H. The summed E-state index contributed by atoms with van der Waals surface area (Å²) < 4.78 is 5.67. The van der Waals surface area contributed by atoms with Crippen molar-refractivity contribution in [2.75, 3.05) is 26.2 Å². The molecule has 3 aliphatic rings. The van der Waals surface area contributed by atoms with Crippen molar-refractivity contribution in [1.29, 1.82) is 0 Å². The van der Waals surface area contributed by atoms with Crippen LogP contribution >= 0.6 is 24.8 Å². The van der Waals surface area contributed by atoms with Crippen molar-refractivity contribution < 1.29 is 9.21 Å². The van der Waals surface area contributed by atoms with Crippen LogP contribution in [0.15, 0.2) is 4.42 Å². The van der Waals surface area contributed by atoms with E-state index in [0.717, 1.165) is 50.1 Å². The van der Waals surface area contributed by atoms with E-state index in [1.807, 2.05) is 18.7 Å². The average Bonchev–Trinajstić information content (AvgIpc) is 3.23. The molecule has 8 heteroatoms. The van der Waals surface area contributed by atoms with Gasteiger partial charge in [-0.15, -0.1) is 24.8 Å². The number of halogens is 2. The number of amides is 1. The minimum Gasteiger partial charge on any atom is -0.444 e. The van der Waals surface area contributed by atoms with Gasteiger partial charge in [-0.2, -0.15) is 0 Å². The first-order chi connectivity index (χ1) is 11.5. The fourth-order valence-electron chi connectivity index (χ4n) is 4.84. The Kier molecular flexibility index (Phi) is 6.99. The molecule has 4 unspecified atom stereocenters. The molecular formula is C18H30Cl2N4O2. The van der Waals surface area contributed by atoms with E-state index >= 15 is 0 Å². The van der Waals surface area contributed by atoms with Crippen LogP contribution in [0.25, 0.3) is 0 Å². The summed E-state index contributed by atoms with van der Waals surface area (Å²) in [5, 5.41) is 0. The third-order valence-corrected chi connectivity index (χ3v) is 6.38. The van der Waals surface area contributed by atoms with Crippen molar-refractivity contribution in [3.63, 3.8) is 0 Å². The first-order valence-electron chi connectivity index (χ1n) is 9.22. The topological polar surface area (TPSA) is 75.6 Å². The summed E-state index contributed by atoms with van der Waals surface area (Å²) in [7, 11) is 0. The maximum absolute atomic E-state index is 12.9. The largest absolute Gasteiger partial charge is 0.444 e. The Labute approximate surface area is 167 Å². The number of carbonyl (C=O) groups excluding carboxylic acids is 1. The summed E-state index contributed by atoms with van der Waals surface area (Å²) in [5.41, 5.74) is 7.30. The fourth-order valence-corrected chi connectivity index (χ4v) is 4.84. The maximum Gasteiger partial charge on any atom is 0.227 e. The first-order valence-corrected chi connectivity index (χ1v) is 9.22. The summed E-state index contributed by atoms with van der Waals surface area (Å²) in [6.07, 6.45) is 3.58. The van der Waals surface area contributed by atoms with E-state index in [1.165, 1.54) is 19.3 Å². The lowest BCUT2D eigenvalue weighted by molar-refractivity contribution is -0.139. The molecule has 1 aromatic rings. The van der Waals surface area contributed by atoms with E-state index in [2.05, 4.69) is 9.88 Å². The number of aryl methyl sites for hydroxylation is 2. The van der Waals surface area contributed by atoms with Crippen LogP contribution in [0.1, 0.15) is 36.6 Å². The number of hydrogen-bond donors (Lipinski definition) is 1. The van der Waals surface area contributed by atoms with Crippen LogP contribution in [0.3, 0.4) is 0 Å². The number of rotatable bonds is 3. The van der Waals surface area contributed by atoms with Crippen molar-refractivity contribution in [3.05, 3.63) is 17.3 Å². The van der Waals surface area contributed by atoms with Crippen molar-refractivity contribution >= 4 is 30.7 Å². The number of carbonyl (C=O) groups is 1. The van der Waals surface area contributed by atoms with Crippen LogP contribution in [0, 0.1) is 31.6 Å². The molecule has 1 aliphatic heterocycles. The fraction of sp³-hybridized carbons (Fsp3) is 0.778. The van der Waals surface area contributed by atoms with Gasteiger partial charge < -0.3 is 15.1 Å². The molecule has 1 saturated heterocycles. The predicted molar refractivity (Wildman–Crippen MR) is 105 cm³/mol. The number of aromatic nitrogens is 1. The van der Waals surface area contributed by atoms with E-state index in [9.17, 15) is 4.79 Å². The van der Waals surface area contributed by atoms with E-state index in [0.29, 0.717) is 17.7 Å². The molecule has 2 aliphatic carbocycles. The van der Waals surface area contributed by atoms with Crippen LogP contribution < -0.4 is 5.73 Å². The molecule has 6 nitrogen and oxygen atoms in total. The van der Waals surface area contributed by atoms with E-state index in [4.69, 9.17) is 10.2 Å². The molecule has 4 atom stereocenters. The quantitative estimate of drug-likeness (QED) is 0.834. The minimum absolute atomic E-state index is 0. The number of nitrogens with two attached hydrogens (primary N) is 1. The van der Waals surface area contributed by atoms with Gasteiger partial charge in [-0.05, 0) is 44.9 Å². The highest BCUT2D eigenvalue weighted by Crippen LogP contribution is 2.48. The Morgan fingerprint density at radius 2 is 1.81 bits per heavy atom. The van der Waals surface area contributed by atoms with Gasteiger partial charge in [0.05, 0.1) is 18.2 Å². The zero-order chi connectivity index (χ0) is 16.8. The highest BCUT2D eigenvalue weighted by Gasteiger charge is 2.50. The molecule has 2 N–H and O–H groups in total. The molecule has 4 rings (SSSR count). The van der Waals surface area contributed by atoms with Gasteiger partial charge in [-0.25, -0.2) is 4.98 Å². The number of oxazole rings is 1. The van der Waals surface area contributed by atoms with Gasteiger partial charge in [0.1, 0.15) is 5.76 Å². The summed E-state index contributed by atoms with van der Waals surface area (Å²) in [4.78, 5) is 21.7. The van der Waals surface area contributed by atoms with Crippen LogP contribution in [0.4, 0.5) is 0 Å². The second kappa shape index (κ2) is 8.46. The molecule has 2 saturated carbocycles. The summed E-state index contributed by atoms with van der Waals surface area (Å²) in [5.74, 6) is 3.17. The van der Waals surface area contributed by atoms with E-state index in [-0.39, 0.29) is 36.8 Å². The molecule has 0 radical (unpaired) electrons. The van der Waals surface area contributed by atoms with Gasteiger partial charge in [-0.1, -0.05) is 0 Å². The number of fused-ring (bicyclic) bond motifs is 2. The highest BCUT2D eigenvalue weighted by molar-refractivity contribution is 5.85. The van der Waals surface area contributed by atoms with Gasteiger partial charge in [0.15, 0.2) is 0 Å². The van der Waals surface area contributed by atoms with Gasteiger partial charge >= 0.3 is 0 Å². The predicted octanol–water partition coefficient (Wildman–Crippen LogP) is 2.15. The molecule has 3 fully saturated rings. The lowest BCUT2D eigenvalue weighted by atomic mass is 9.84. The van der Waals surface area contributed by atoms with Crippen LogP contribution in [-0.4, -0.2) is 52.9 Å². The SMILES string of the molecule is Cc1nc(CN2CCN(C(=O)C3C4CCC(C4)C3N)CC2)oc1C.Cl.Cl. The number of nitrogens with zero attached hydrogens (tertiary/aromatic N) is 3. The van der Waals surface area contributed by atoms with E-state index < -0.39 is 0 Å².